The number of hydrogen-bond donors (Lipinski definition) is 1. The first kappa shape index (κ1) is 26.8. The fraction of sp³-hybridized carbons (Fsp3) is 0.263. The number of imide groups is 1. The Kier molecular flexibility index (Phi) is 6.51. The molecular weight excluding hydrogens is 548 g/mol. The van der Waals surface area contributed by atoms with Crippen LogP contribution in [0.15, 0.2) is 103 Å². The van der Waals surface area contributed by atoms with Gasteiger partial charge in [0.15, 0.2) is 0 Å². The Morgan fingerprint density at radius 1 is 0.818 bits per heavy atom. The first-order valence-corrected chi connectivity index (χ1v) is 15.5. The maximum absolute atomic E-state index is 14.3. The highest BCUT2D eigenvalue weighted by Gasteiger charge is 2.59. The molecule has 2 heterocycles. The molecule has 5 aromatic rings. The second-order valence-electron chi connectivity index (χ2n) is 12.3. The summed E-state index contributed by atoms with van der Waals surface area (Å²) >= 11 is 0. The Bertz CT molecular complexity index is 1850. The molecule has 0 bridgehead atoms. The van der Waals surface area contributed by atoms with Gasteiger partial charge in [0.2, 0.25) is 11.8 Å². The zero-order valence-corrected chi connectivity index (χ0v) is 24.6. The predicted octanol–water partition coefficient (Wildman–Crippen LogP) is 7.71. The van der Waals surface area contributed by atoms with E-state index in [0.717, 1.165) is 47.2 Å². The third-order valence-corrected chi connectivity index (χ3v) is 10.1. The number of aromatic nitrogens is 1. The summed E-state index contributed by atoms with van der Waals surface area (Å²) in [7, 11) is 1.61. The molecule has 6 heteroatoms. The molecule has 2 fully saturated rings. The monoisotopic (exact) mass is 582 g/mol. The van der Waals surface area contributed by atoms with Gasteiger partial charge in [0.1, 0.15) is 18.1 Å². The van der Waals surface area contributed by atoms with Crippen LogP contribution in [-0.2, 0) is 16.2 Å². The van der Waals surface area contributed by atoms with Crippen LogP contribution in [0.25, 0.3) is 10.9 Å². The molecule has 1 saturated carbocycles. The third kappa shape index (κ3) is 4.31. The van der Waals surface area contributed by atoms with E-state index in [9.17, 15) is 9.59 Å². The Morgan fingerprint density at radius 2 is 1.55 bits per heavy atom. The molecule has 0 radical (unpaired) electrons. The zero-order valence-electron chi connectivity index (χ0n) is 24.6. The van der Waals surface area contributed by atoms with Gasteiger partial charge in [0, 0.05) is 16.6 Å². The molecule has 1 aliphatic heterocycles. The summed E-state index contributed by atoms with van der Waals surface area (Å²) in [6, 6.07) is 34.2. The number of nitrogens with zero attached hydrogens (tertiary/aromatic N) is 1. The standard InChI is InChI=1S/C38H34N2O4/c1-43-27-15-13-26(14-16-27)40-37(41)34-30-20-25(24-10-6-3-7-11-24)12-18-29(30)33-31-21-28(44-22-23-8-4-2-5-9-23)17-19-32(31)39-36(33)35(34)38(40)42/h2-11,13-17,19,21,25,29-30,34-35,39H,12,18,20,22H2,1H3/t25-,29-,30-,34-,35-/m0/s1. The number of hydrogen-bond acceptors (Lipinski definition) is 4. The maximum atomic E-state index is 14.3. The number of anilines is 1. The molecule has 4 aromatic carbocycles. The first-order chi connectivity index (χ1) is 21.6. The van der Waals surface area contributed by atoms with Crippen LogP contribution < -0.4 is 14.4 Å². The van der Waals surface area contributed by atoms with Crippen molar-refractivity contribution in [1.82, 2.24) is 4.98 Å². The number of benzene rings is 4. The van der Waals surface area contributed by atoms with E-state index in [1.807, 2.05) is 30.3 Å². The number of carbonyl (C=O) groups excluding carboxylic acids is 2. The van der Waals surface area contributed by atoms with E-state index in [4.69, 9.17) is 9.47 Å². The topological polar surface area (TPSA) is 71.6 Å². The average Bonchev–Trinajstić information content (AvgIpc) is 3.58. The van der Waals surface area contributed by atoms with Crippen molar-refractivity contribution < 1.29 is 19.1 Å². The molecule has 3 aliphatic rings. The number of H-pyrrole nitrogens is 1. The van der Waals surface area contributed by atoms with E-state index in [2.05, 4.69) is 53.5 Å². The van der Waals surface area contributed by atoms with E-state index in [1.54, 1.807) is 31.4 Å². The van der Waals surface area contributed by atoms with Crippen molar-refractivity contribution in [2.75, 3.05) is 12.0 Å². The number of nitrogens with one attached hydrogen (secondary N) is 1. The van der Waals surface area contributed by atoms with Gasteiger partial charge in [-0.15, -0.1) is 0 Å². The third-order valence-electron chi connectivity index (χ3n) is 10.1. The van der Waals surface area contributed by atoms with E-state index in [0.29, 0.717) is 24.0 Å². The number of aromatic amines is 1. The SMILES string of the molecule is COc1ccc(N2C(=O)[C@H]3[C@H]4C[C@@H](c5ccccc5)CC[C@@H]4c4c([nH]c5ccc(OCc6ccccc6)cc45)[C@H]3C2=O)cc1. The predicted molar refractivity (Wildman–Crippen MR) is 170 cm³/mol. The number of fused-ring (bicyclic) bond motifs is 8. The number of carbonyl (C=O) groups is 2. The Hall–Kier alpha value is -4.84. The Morgan fingerprint density at radius 3 is 2.30 bits per heavy atom. The highest BCUT2D eigenvalue weighted by molar-refractivity contribution is 6.24. The lowest BCUT2D eigenvalue weighted by atomic mass is 9.58. The van der Waals surface area contributed by atoms with Crippen molar-refractivity contribution >= 4 is 28.4 Å². The van der Waals surface area contributed by atoms with Gasteiger partial charge in [-0.05, 0) is 96.2 Å². The molecule has 5 atom stereocenters. The van der Waals surface area contributed by atoms with Gasteiger partial charge < -0.3 is 14.5 Å². The van der Waals surface area contributed by atoms with Crippen LogP contribution in [0.3, 0.4) is 0 Å². The summed E-state index contributed by atoms with van der Waals surface area (Å²) in [6.45, 7) is 0.484. The molecule has 1 N–H and O–H groups in total. The fourth-order valence-corrected chi connectivity index (χ4v) is 8.09. The summed E-state index contributed by atoms with van der Waals surface area (Å²) in [6.07, 6.45) is 2.89. The van der Waals surface area contributed by atoms with Crippen molar-refractivity contribution in [2.24, 2.45) is 11.8 Å². The zero-order chi connectivity index (χ0) is 29.8. The quantitative estimate of drug-likeness (QED) is 0.208. The lowest BCUT2D eigenvalue weighted by Crippen LogP contribution is -2.39. The second kappa shape index (κ2) is 10.7. The summed E-state index contributed by atoms with van der Waals surface area (Å²) in [5.74, 6) is 0.874. The maximum Gasteiger partial charge on any atom is 0.243 e. The Balaban J connectivity index is 1.22. The van der Waals surface area contributed by atoms with Gasteiger partial charge in [-0.1, -0.05) is 60.7 Å². The number of amides is 2. The van der Waals surface area contributed by atoms with E-state index < -0.39 is 11.8 Å². The van der Waals surface area contributed by atoms with Gasteiger partial charge in [-0.3, -0.25) is 9.59 Å². The molecule has 0 unspecified atom stereocenters. The summed E-state index contributed by atoms with van der Waals surface area (Å²) in [5.41, 5.74) is 6.10. The van der Waals surface area contributed by atoms with Crippen molar-refractivity contribution in [3.63, 3.8) is 0 Å². The van der Waals surface area contributed by atoms with Crippen LogP contribution in [-0.4, -0.2) is 23.9 Å². The fourth-order valence-electron chi connectivity index (χ4n) is 8.09. The molecule has 1 saturated heterocycles. The smallest absolute Gasteiger partial charge is 0.243 e. The normalized spacial score (nSPS) is 24.1. The molecule has 220 valence electrons. The van der Waals surface area contributed by atoms with Crippen molar-refractivity contribution in [1.29, 1.82) is 0 Å². The first-order valence-electron chi connectivity index (χ1n) is 15.5. The summed E-state index contributed by atoms with van der Waals surface area (Å²) in [5, 5.41) is 1.10. The van der Waals surface area contributed by atoms with Crippen LogP contribution in [0.2, 0.25) is 0 Å². The van der Waals surface area contributed by atoms with Crippen molar-refractivity contribution in [2.45, 2.75) is 43.6 Å². The van der Waals surface area contributed by atoms with E-state index in [-0.39, 0.29) is 23.7 Å². The molecule has 8 rings (SSSR count). The molecule has 44 heavy (non-hydrogen) atoms. The van der Waals surface area contributed by atoms with Gasteiger partial charge in [-0.2, -0.15) is 0 Å². The number of ether oxygens (including phenoxy) is 2. The highest BCUT2D eigenvalue weighted by atomic mass is 16.5. The van der Waals surface area contributed by atoms with Crippen molar-refractivity contribution in [3.05, 3.63) is 126 Å². The van der Waals surface area contributed by atoms with Crippen LogP contribution in [0.1, 0.15) is 59.4 Å². The van der Waals surface area contributed by atoms with Crippen LogP contribution in [0.5, 0.6) is 11.5 Å². The average molecular weight is 583 g/mol. The molecule has 6 nitrogen and oxygen atoms in total. The van der Waals surface area contributed by atoms with E-state index in [1.165, 1.54) is 16.0 Å². The molecular formula is C38H34N2O4. The lowest BCUT2D eigenvalue weighted by molar-refractivity contribution is -0.123. The van der Waals surface area contributed by atoms with E-state index >= 15 is 0 Å². The van der Waals surface area contributed by atoms with Gasteiger partial charge in [0.05, 0.1) is 24.6 Å². The minimum atomic E-state index is -0.545. The summed E-state index contributed by atoms with van der Waals surface area (Å²) < 4.78 is 11.6. The second-order valence-corrected chi connectivity index (χ2v) is 12.3. The Labute approximate surface area is 256 Å². The number of rotatable bonds is 6. The minimum absolute atomic E-state index is 0.0547. The van der Waals surface area contributed by atoms with Crippen LogP contribution >= 0.6 is 0 Å². The van der Waals surface area contributed by atoms with Crippen LogP contribution in [0.4, 0.5) is 5.69 Å². The molecule has 0 spiro atoms. The van der Waals surface area contributed by atoms with Gasteiger partial charge in [-0.25, -0.2) is 4.90 Å². The van der Waals surface area contributed by atoms with Crippen molar-refractivity contribution in [3.8, 4) is 11.5 Å². The molecule has 2 amide bonds. The number of methoxy groups -OCH3 is 1. The highest BCUT2D eigenvalue weighted by Crippen LogP contribution is 2.59. The lowest BCUT2D eigenvalue weighted by Gasteiger charge is -2.44. The van der Waals surface area contributed by atoms with Crippen LogP contribution in [0, 0.1) is 11.8 Å². The molecule has 1 aromatic heterocycles. The largest absolute Gasteiger partial charge is 0.497 e. The molecule has 2 aliphatic carbocycles. The van der Waals surface area contributed by atoms with Gasteiger partial charge >= 0.3 is 0 Å². The minimum Gasteiger partial charge on any atom is -0.497 e. The summed E-state index contributed by atoms with van der Waals surface area (Å²) in [4.78, 5) is 33.7. The van der Waals surface area contributed by atoms with Gasteiger partial charge in [0.25, 0.3) is 0 Å².